The first-order valence-electron chi connectivity index (χ1n) is 2.12. The molecular formula is C5H8O2V+2. The molecule has 0 atom stereocenters. The second-order valence-corrected chi connectivity index (χ2v) is 1.58. The van der Waals surface area contributed by atoms with Crippen LogP contribution in [0.4, 0.5) is 0 Å². The normalized spacial score (nSPS) is 7.25. The Kier molecular flexibility index (Phi) is 6.86. The van der Waals surface area contributed by atoms with Crippen LogP contribution in [0.5, 0.6) is 0 Å². The van der Waals surface area contributed by atoms with Gasteiger partial charge >= 0.3 is 18.6 Å². The van der Waals surface area contributed by atoms with E-state index in [0.29, 0.717) is 0 Å². The van der Waals surface area contributed by atoms with Gasteiger partial charge in [0.05, 0.1) is 6.42 Å². The molecule has 0 saturated carbocycles. The molecule has 0 aromatic rings. The molecule has 0 amide bonds. The number of ketones is 2. The average molecular weight is 151 g/mol. The Hall–Kier alpha value is -0.0756. The van der Waals surface area contributed by atoms with Gasteiger partial charge in [0, 0.05) is 0 Å². The summed E-state index contributed by atoms with van der Waals surface area (Å²) in [4.78, 5) is 20.1. The van der Waals surface area contributed by atoms with E-state index >= 15 is 0 Å². The van der Waals surface area contributed by atoms with Gasteiger partial charge in [-0.25, -0.2) is 0 Å². The zero-order valence-corrected chi connectivity index (χ0v) is 6.37. The minimum Gasteiger partial charge on any atom is -0.300 e. The van der Waals surface area contributed by atoms with Crippen LogP contribution in [0, 0.1) is 0 Å². The molecule has 0 aliphatic heterocycles. The number of Topliss-reactive ketones (excluding diaryl/α,β-unsaturated/α-hetero) is 2. The van der Waals surface area contributed by atoms with Crippen molar-refractivity contribution in [1.29, 1.82) is 0 Å². The van der Waals surface area contributed by atoms with Gasteiger partial charge in [-0.2, -0.15) is 0 Å². The molecule has 3 heteroatoms. The van der Waals surface area contributed by atoms with E-state index in [2.05, 4.69) is 0 Å². The van der Waals surface area contributed by atoms with E-state index in [9.17, 15) is 9.59 Å². The smallest absolute Gasteiger partial charge is 0.300 e. The first kappa shape index (κ1) is 10.8. The van der Waals surface area contributed by atoms with Crippen LogP contribution in [0.2, 0.25) is 0 Å². The molecule has 0 aliphatic rings. The third-order valence-electron chi connectivity index (χ3n) is 0.498. The van der Waals surface area contributed by atoms with Gasteiger partial charge in [0.25, 0.3) is 0 Å². The minimum absolute atomic E-state index is 0. The third-order valence-corrected chi connectivity index (χ3v) is 0.498. The van der Waals surface area contributed by atoms with Gasteiger partial charge in [-0.15, -0.1) is 0 Å². The molecule has 0 spiro atoms. The van der Waals surface area contributed by atoms with E-state index < -0.39 is 0 Å². The summed E-state index contributed by atoms with van der Waals surface area (Å²) in [5.74, 6) is -0.125. The Balaban J connectivity index is 0. The maximum absolute atomic E-state index is 10.0. The first-order chi connectivity index (χ1) is 3.13. The summed E-state index contributed by atoms with van der Waals surface area (Å²) in [5.41, 5.74) is 0. The van der Waals surface area contributed by atoms with Gasteiger partial charge < -0.3 is 0 Å². The first-order valence-corrected chi connectivity index (χ1v) is 2.12. The van der Waals surface area contributed by atoms with Crippen molar-refractivity contribution < 1.29 is 28.1 Å². The number of rotatable bonds is 2. The van der Waals surface area contributed by atoms with Gasteiger partial charge in [0.2, 0.25) is 0 Å². The largest absolute Gasteiger partial charge is 2.00 e. The number of carbonyl (C=O) groups is 2. The minimum atomic E-state index is -0.0625. The third kappa shape index (κ3) is 9.33. The molecule has 0 heterocycles. The van der Waals surface area contributed by atoms with Gasteiger partial charge in [-0.05, 0) is 13.8 Å². The van der Waals surface area contributed by atoms with Crippen molar-refractivity contribution in [1.82, 2.24) is 0 Å². The quantitative estimate of drug-likeness (QED) is 0.540. The second kappa shape index (κ2) is 5.07. The van der Waals surface area contributed by atoms with E-state index in [0.717, 1.165) is 0 Å². The van der Waals surface area contributed by atoms with E-state index in [1.54, 1.807) is 0 Å². The number of hydrogen-bond donors (Lipinski definition) is 0. The van der Waals surface area contributed by atoms with Crippen molar-refractivity contribution in [2.75, 3.05) is 0 Å². The summed E-state index contributed by atoms with van der Waals surface area (Å²) in [6.07, 6.45) is 0.0833. The summed E-state index contributed by atoms with van der Waals surface area (Å²) in [5, 5.41) is 0. The summed E-state index contributed by atoms with van der Waals surface area (Å²) >= 11 is 0. The summed E-state index contributed by atoms with van der Waals surface area (Å²) < 4.78 is 0. The molecule has 1 radical (unpaired) electrons. The monoisotopic (exact) mass is 151 g/mol. The SMILES string of the molecule is CC(=O)CC(C)=O.[V+2]. The maximum atomic E-state index is 10.0. The zero-order chi connectivity index (χ0) is 5.86. The standard InChI is InChI=1S/C5H8O2.V/c1-4(6)3-5(2)7;/h3H2,1-2H3;/q;+2. The average Bonchev–Trinajstić information content (AvgIpc) is 1.27. The van der Waals surface area contributed by atoms with E-state index in [-0.39, 0.29) is 36.5 Å². The molecule has 0 saturated heterocycles. The topological polar surface area (TPSA) is 34.1 Å². The van der Waals surface area contributed by atoms with Crippen molar-refractivity contribution in [2.24, 2.45) is 0 Å². The fourth-order valence-electron chi connectivity index (χ4n) is 0.351. The van der Waals surface area contributed by atoms with E-state index in [1.165, 1.54) is 13.8 Å². The van der Waals surface area contributed by atoms with Crippen molar-refractivity contribution in [3.05, 3.63) is 0 Å². The molecule has 2 nitrogen and oxygen atoms in total. The Morgan fingerprint density at radius 2 is 1.38 bits per heavy atom. The molecule has 0 aromatic heterocycles. The summed E-state index contributed by atoms with van der Waals surface area (Å²) in [6, 6.07) is 0. The fourth-order valence-corrected chi connectivity index (χ4v) is 0.351. The molecule has 8 heavy (non-hydrogen) atoms. The molecule has 0 aliphatic carbocycles. The molecule has 0 bridgehead atoms. The summed E-state index contributed by atoms with van der Waals surface area (Å²) in [6.45, 7) is 2.81. The van der Waals surface area contributed by atoms with Crippen molar-refractivity contribution in [2.45, 2.75) is 20.3 Å². The second-order valence-electron chi connectivity index (χ2n) is 1.58. The Morgan fingerprint density at radius 1 is 1.12 bits per heavy atom. The van der Waals surface area contributed by atoms with Crippen LogP contribution in [0.1, 0.15) is 20.3 Å². The molecule has 0 aromatic carbocycles. The van der Waals surface area contributed by atoms with Gasteiger partial charge in [-0.3, -0.25) is 9.59 Å². The van der Waals surface area contributed by atoms with Crippen LogP contribution < -0.4 is 0 Å². The molecular weight excluding hydrogens is 143 g/mol. The van der Waals surface area contributed by atoms with Crippen LogP contribution in [0.3, 0.4) is 0 Å². The van der Waals surface area contributed by atoms with Gasteiger partial charge in [-0.1, -0.05) is 0 Å². The van der Waals surface area contributed by atoms with Crippen LogP contribution >= 0.6 is 0 Å². The Morgan fingerprint density at radius 3 is 1.38 bits per heavy atom. The van der Waals surface area contributed by atoms with E-state index in [1.807, 2.05) is 0 Å². The maximum Gasteiger partial charge on any atom is 2.00 e. The molecule has 0 N–H and O–H groups in total. The molecule has 0 rings (SSSR count). The summed E-state index contributed by atoms with van der Waals surface area (Å²) in [7, 11) is 0. The van der Waals surface area contributed by atoms with E-state index in [4.69, 9.17) is 0 Å². The molecule has 0 unspecified atom stereocenters. The van der Waals surface area contributed by atoms with Crippen LogP contribution in [0.15, 0.2) is 0 Å². The van der Waals surface area contributed by atoms with Gasteiger partial charge in [0.1, 0.15) is 11.6 Å². The predicted molar refractivity (Wildman–Crippen MR) is 26.0 cm³/mol. The number of hydrogen-bond acceptors (Lipinski definition) is 2. The van der Waals surface area contributed by atoms with Crippen molar-refractivity contribution >= 4 is 11.6 Å². The molecule has 43 valence electrons. The molecule has 0 fully saturated rings. The Bertz CT molecular complexity index is 86.6. The predicted octanol–water partition coefficient (Wildman–Crippen LogP) is 0.552. The van der Waals surface area contributed by atoms with Crippen LogP contribution in [0.25, 0.3) is 0 Å². The van der Waals surface area contributed by atoms with Gasteiger partial charge in [0.15, 0.2) is 0 Å². The van der Waals surface area contributed by atoms with Crippen molar-refractivity contribution in [3.8, 4) is 0 Å². The zero-order valence-electron chi connectivity index (χ0n) is 4.97. The van der Waals surface area contributed by atoms with Crippen LogP contribution in [-0.4, -0.2) is 11.6 Å². The van der Waals surface area contributed by atoms with Crippen LogP contribution in [-0.2, 0) is 28.1 Å². The van der Waals surface area contributed by atoms with Crippen molar-refractivity contribution in [3.63, 3.8) is 0 Å². The number of carbonyl (C=O) groups excluding carboxylic acids is 2. The Labute approximate surface area is 60.5 Å². The fraction of sp³-hybridized carbons (Fsp3) is 0.600.